The van der Waals surface area contributed by atoms with Crippen LogP contribution in [0.25, 0.3) is 0 Å². The Morgan fingerprint density at radius 3 is 2.61 bits per heavy atom. The number of hydrogen-bond acceptors (Lipinski definition) is 5. The molecule has 0 aliphatic rings. The Kier molecular flexibility index (Phi) is 12.0. The van der Waals surface area contributed by atoms with Crippen LogP contribution in [0.1, 0.15) is 20.3 Å². The number of rotatable bonds is 12. The highest BCUT2D eigenvalue weighted by Gasteiger charge is 2.07. The largest absolute Gasteiger partial charge is 0.389 e. The van der Waals surface area contributed by atoms with Crippen LogP contribution in [0.15, 0.2) is 0 Å². The summed E-state index contributed by atoms with van der Waals surface area (Å²) in [6.07, 6.45) is 2.06. The molecule has 18 heavy (non-hydrogen) atoms. The Morgan fingerprint density at radius 2 is 2.00 bits per heavy atom. The summed E-state index contributed by atoms with van der Waals surface area (Å²) in [5.74, 6) is 0. The van der Waals surface area contributed by atoms with Crippen LogP contribution in [0, 0.1) is 0 Å². The Labute approximate surface area is 113 Å². The van der Waals surface area contributed by atoms with Crippen LogP contribution in [0.3, 0.4) is 0 Å². The Bertz CT molecular complexity index is 216. The zero-order valence-corrected chi connectivity index (χ0v) is 12.5. The van der Waals surface area contributed by atoms with Crippen LogP contribution in [-0.2, 0) is 20.3 Å². The van der Waals surface area contributed by atoms with E-state index in [0.29, 0.717) is 33.0 Å². The molecular formula is C12H27NO4S. The minimum atomic E-state index is -0.774. The summed E-state index contributed by atoms with van der Waals surface area (Å²) in [7, 11) is -0.774. The van der Waals surface area contributed by atoms with E-state index in [2.05, 4.69) is 5.32 Å². The smallest absolute Gasteiger partial charge is 0.0897 e. The second-order valence-electron chi connectivity index (χ2n) is 4.23. The Balaban J connectivity index is 3.31. The monoisotopic (exact) mass is 281 g/mol. The van der Waals surface area contributed by atoms with E-state index in [0.717, 1.165) is 13.0 Å². The fraction of sp³-hybridized carbons (Fsp3) is 1.00. The normalized spacial score (nSPS) is 16.4. The maximum absolute atomic E-state index is 11.1. The number of aliphatic hydroxyl groups is 1. The van der Waals surface area contributed by atoms with Gasteiger partial charge in [-0.25, -0.2) is 0 Å². The molecule has 0 amide bonds. The Hall–Kier alpha value is -0.0100. The predicted octanol–water partition coefficient (Wildman–Crippen LogP) is 0.147. The second-order valence-corrected chi connectivity index (χ2v) is 6.03. The van der Waals surface area contributed by atoms with Gasteiger partial charge < -0.3 is 19.9 Å². The topological polar surface area (TPSA) is 67.8 Å². The Morgan fingerprint density at radius 1 is 1.33 bits per heavy atom. The van der Waals surface area contributed by atoms with Gasteiger partial charge in [-0.15, -0.1) is 0 Å². The van der Waals surface area contributed by atoms with E-state index < -0.39 is 16.9 Å². The zero-order valence-electron chi connectivity index (χ0n) is 11.7. The van der Waals surface area contributed by atoms with Gasteiger partial charge in [0.1, 0.15) is 0 Å². The van der Waals surface area contributed by atoms with Crippen molar-refractivity contribution in [1.82, 2.24) is 5.32 Å². The van der Waals surface area contributed by atoms with Gasteiger partial charge in [0, 0.05) is 35.5 Å². The van der Waals surface area contributed by atoms with Crippen LogP contribution in [-0.4, -0.2) is 66.4 Å². The van der Waals surface area contributed by atoms with Crippen molar-refractivity contribution in [2.75, 3.05) is 45.8 Å². The summed E-state index contributed by atoms with van der Waals surface area (Å²) in [6.45, 7) is 7.23. The summed E-state index contributed by atoms with van der Waals surface area (Å²) >= 11 is 0. The van der Waals surface area contributed by atoms with Gasteiger partial charge in [0.2, 0.25) is 0 Å². The lowest BCUT2D eigenvalue weighted by atomic mass is 10.3. The molecule has 0 aromatic carbocycles. The highest BCUT2D eigenvalue weighted by atomic mass is 32.2. The SMILES string of the molecule is CCOCCOCC(O)CNCCC(C)S(C)=O. The van der Waals surface area contributed by atoms with Gasteiger partial charge in [0.15, 0.2) is 0 Å². The average molecular weight is 281 g/mol. The lowest BCUT2D eigenvalue weighted by molar-refractivity contribution is 0.00656. The molecule has 0 radical (unpaired) electrons. The van der Waals surface area contributed by atoms with Gasteiger partial charge >= 0.3 is 0 Å². The summed E-state index contributed by atoms with van der Waals surface area (Å²) in [5, 5.41) is 12.9. The van der Waals surface area contributed by atoms with Crippen molar-refractivity contribution in [2.45, 2.75) is 31.6 Å². The fourth-order valence-electron chi connectivity index (χ4n) is 1.28. The van der Waals surface area contributed by atoms with Gasteiger partial charge in [0.25, 0.3) is 0 Å². The number of aliphatic hydroxyl groups excluding tert-OH is 1. The van der Waals surface area contributed by atoms with Gasteiger partial charge in [-0.1, -0.05) is 6.92 Å². The molecule has 5 nitrogen and oxygen atoms in total. The first-order chi connectivity index (χ1) is 8.57. The summed E-state index contributed by atoms with van der Waals surface area (Å²) in [4.78, 5) is 0. The lowest BCUT2D eigenvalue weighted by Crippen LogP contribution is -2.32. The van der Waals surface area contributed by atoms with Crippen LogP contribution in [0.5, 0.6) is 0 Å². The molecule has 6 heteroatoms. The van der Waals surface area contributed by atoms with E-state index in [4.69, 9.17) is 9.47 Å². The molecule has 0 aromatic rings. The molecule has 0 spiro atoms. The minimum Gasteiger partial charge on any atom is -0.389 e. The standard InChI is InChI=1S/C12H27NO4S/c1-4-16-7-8-17-10-12(14)9-13-6-5-11(2)18(3)15/h11-14H,4-10H2,1-3H3. The molecule has 0 heterocycles. The van der Waals surface area contributed by atoms with Gasteiger partial charge in [-0.3, -0.25) is 4.21 Å². The van der Waals surface area contributed by atoms with Gasteiger partial charge in [-0.2, -0.15) is 0 Å². The third-order valence-corrected chi connectivity index (χ3v) is 3.93. The van der Waals surface area contributed by atoms with Crippen LogP contribution in [0.2, 0.25) is 0 Å². The molecule has 0 fully saturated rings. The first-order valence-electron chi connectivity index (χ1n) is 6.44. The highest BCUT2D eigenvalue weighted by Crippen LogP contribution is 1.97. The van der Waals surface area contributed by atoms with Crippen LogP contribution in [0.4, 0.5) is 0 Å². The maximum Gasteiger partial charge on any atom is 0.0897 e. The predicted molar refractivity (Wildman–Crippen MR) is 74.3 cm³/mol. The van der Waals surface area contributed by atoms with E-state index in [1.807, 2.05) is 13.8 Å². The van der Waals surface area contributed by atoms with Crippen molar-refractivity contribution in [3.8, 4) is 0 Å². The van der Waals surface area contributed by atoms with E-state index >= 15 is 0 Å². The molecule has 0 aliphatic carbocycles. The van der Waals surface area contributed by atoms with Crippen molar-refractivity contribution in [2.24, 2.45) is 0 Å². The number of nitrogens with one attached hydrogen (secondary N) is 1. The van der Waals surface area contributed by atoms with Crippen molar-refractivity contribution in [1.29, 1.82) is 0 Å². The van der Waals surface area contributed by atoms with E-state index in [9.17, 15) is 9.32 Å². The summed E-state index contributed by atoms with van der Waals surface area (Å²) in [5.41, 5.74) is 0. The minimum absolute atomic E-state index is 0.192. The molecule has 3 atom stereocenters. The fourth-order valence-corrected chi connectivity index (χ4v) is 1.73. The van der Waals surface area contributed by atoms with Crippen LogP contribution >= 0.6 is 0 Å². The molecule has 0 saturated heterocycles. The average Bonchev–Trinajstić information content (AvgIpc) is 2.34. The molecule has 0 rings (SSSR count). The molecule has 110 valence electrons. The quantitative estimate of drug-likeness (QED) is 0.498. The number of ether oxygens (including phenoxy) is 2. The van der Waals surface area contributed by atoms with Gasteiger partial charge in [0.05, 0.1) is 25.9 Å². The first-order valence-corrected chi connectivity index (χ1v) is 8.06. The second kappa shape index (κ2) is 12.0. The molecule has 0 bridgehead atoms. The molecule has 0 saturated carbocycles. The van der Waals surface area contributed by atoms with Crippen molar-refractivity contribution in [3.05, 3.63) is 0 Å². The van der Waals surface area contributed by atoms with Crippen molar-refractivity contribution >= 4 is 10.8 Å². The van der Waals surface area contributed by atoms with Crippen molar-refractivity contribution in [3.63, 3.8) is 0 Å². The van der Waals surface area contributed by atoms with Crippen LogP contribution < -0.4 is 5.32 Å². The molecule has 0 aliphatic heterocycles. The summed E-state index contributed by atoms with van der Waals surface area (Å²) in [6, 6.07) is 0. The highest BCUT2D eigenvalue weighted by molar-refractivity contribution is 7.84. The molecular weight excluding hydrogens is 254 g/mol. The molecule has 0 aromatic heterocycles. The lowest BCUT2D eigenvalue weighted by Gasteiger charge is -2.13. The molecule has 2 N–H and O–H groups in total. The maximum atomic E-state index is 11.1. The third kappa shape index (κ3) is 11.1. The van der Waals surface area contributed by atoms with E-state index in [1.54, 1.807) is 6.26 Å². The number of hydrogen-bond donors (Lipinski definition) is 2. The van der Waals surface area contributed by atoms with E-state index in [-0.39, 0.29) is 5.25 Å². The van der Waals surface area contributed by atoms with Gasteiger partial charge in [-0.05, 0) is 19.9 Å². The van der Waals surface area contributed by atoms with Crippen molar-refractivity contribution < 1.29 is 18.8 Å². The molecule has 3 unspecified atom stereocenters. The third-order valence-electron chi connectivity index (χ3n) is 2.56. The first kappa shape index (κ1) is 18.0. The zero-order chi connectivity index (χ0) is 13.8. The summed E-state index contributed by atoms with van der Waals surface area (Å²) < 4.78 is 21.5. The van der Waals surface area contributed by atoms with E-state index in [1.165, 1.54) is 0 Å².